The van der Waals surface area contributed by atoms with E-state index in [0.29, 0.717) is 0 Å². The molecule has 0 aliphatic heterocycles. The summed E-state index contributed by atoms with van der Waals surface area (Å²) in [7, 11) is 3.52. The van der Waals surface area contributed by atoms with Gasteiger partial charge in [-0.15, -0.1) is 0 Å². The molecule has 4 aromatic rings. The number of methoxy groups -OCH3 is 1. The number of hydrogen-bond donors (Lipinski definition) is 1. The third-order valence-corrected chi connectivity index (χ3v) is 4.91. The number of rotatable bonds is 6. The molecule has 0 fully saturated rings. The molecule has 1 atom stereocenters. The number of para-hydroxylation sites is 1. The van der Waals surface area contributed by atoms with Crippen LogP contribution in [0, 0.1) is 0 Å². The van der Waals surface area contributed by atoms with Gasteiger partial charge in [0.2, 0.25) is 5.91 Å². The smallest absolute Gasteiger partial charge is 0.244 e. The Morgan fingerprint density at radius 3 is 2.73 bits per heavy atom. The lowest BCUT2D eigenvalue weighted by Gasteiger charge is -2.19. The zero-order valence-corrected chi connectivity index (χ0v) is 16.8. The Morgan fingerprint density at radius 1 is 1.10 bits per heavy atom. The summed E-state index contributed by atoms with van der Waals surface area (Å²) in [6.07, 6.45) is 8.63. The second-order valence-electron chi connectivity index (χ2n) is 6.87. The third kappa shape index (κ3) is 4.07. The van der Waals surface area contributed by atoms with E-state index in [1.54, 1.807) is 25.6 Å². The zero-order valence-electron chi connectivity index (χ0n) is 16.8. The van der Waals surface area contributed by atoms with E-state index in [2.05, 4.69) is 15.3 Å². The highest BCUT2D eigenvalue weighted by Gasteiger charge is 2.20. The average Bonchev–Trinajstić information content (AvgIpc) is 3.21. The van der Waals surface area contributed by atoms with Gasteiger partial charge in [0.25, 0.3) is 0 Å². The van der Waals surface area contributed by atoms with Crippen molar-refractivity contribution < 1.29 is 9.53 Å². The first-order valence-electron chi connectivity index (χ1n) is 9.59. The maximum absolute atomic E-state index is 12.8. The van der Waals surface area contributed by atoms with Crippen LogP contribution in [0.3, 0.4) is 0 Å². The molecule has 2 aromatic heterocycles. The van der Waals surface area contributed by atoms with Gasteiger partial charge in [-0.1, -0.05) is 36.4 Å². The van der Waals surface area contributed by atoms with Gasteiger partial charge in [-0.05, 0) is 29.8 Å². The third-order valence-electron chi connectivity index (χ3n) is 4.91. The topological polar surface area (TPSA) is 69.0 Å². The molecule has 6 heteroatoms. The largest absolute Gasteiger partial charge is 0.497 e. The monoisotopic (exact) mass is 398 g/mol. The second kappa shape index (κ2) is 8.61. The fraction of sp³-hybridized carbons (Fsp3) is 0.125. The first kappa shape index (κ1) is 19.4. The van der Waals surface area contributed by atoms with E-state index in [1.165, 1.54) is 6.08 Å². The molecule has 2 heterocycles. The van der Waals surface area contributed by atoms with Crippen LogP contribution in [-0.4, -0.2) is 27.6 Å². The molecule has 0 aliphatic rings. The van der Waals surface area contributed by atoms with Crippen LogP contribution in [0.2, 0.25) is 0 Å². The summed E-state index contributed by atoms with van der Waals surface area (Å²) in [6.45, 7) is 0. The van der Waals surface area contributed by atoms with Crippen LogP contribution in [0.1, 0.15) is 23.0 Å². The summed E-state index contributed by atoms with van der Waals surface area (Å²) in [5.41, 5.74) is 2.63. The Kier molecular flexibility index (Phi) is 5.57. The predicted molar refractivity (Wildman–Crippen MR) is 117 cm³/mol. The van der Waals surface area contributed by atoms with Gasteiger partial charge in [0.05, 0.1) is 12.6 Å². The van der Waals surface area contributed by atoms with E-state index in [9.17, 15) is 4.79 Å². The summed E-state index contributed by atoms with van der Waals surface area (Å²) in [4.78, 5) is 21.7. The lowest BCUT2D eigenvalue weighted by molar-refractivity contribution is -0.117. The van der Waals surface area contributed by atoms with Crippen LogP contribution in [0.4, 0.5) is 0 Å². The highest BCUT2D eigenvalue weighted by Crippen LogP contribution is 2.24. The molecule has 30 heavy (non-hydrogen) atoms. The Labute approximate surface area is 174 Å². The van der Waals surface area contributed by atoms with Gasteiger partial charge in [0, 0.05) is 42.7 Å². The van der Waals surface area contributed by atoms with Crippen LogP contribution in [0.15, 0.2) is 79.3 Å². The molecule has 0 bridgehead atoms. The van der Waals surface area contributed by atoms with Crippen molar-refractivity contribution in [3.63, 3.8) is 0 Å². The molecule has 0 aliphatic carbocycles. The van der Waals surface area contributed by atoms with Gasteiger partial charge in [-0.2, -0.15) is 0 Å². The molecule has 4 rings (SSSR count). The molecule has 0 saturated carbocycles. The number of nitrogens with one attached hydrogen (secondary N) is 1. The molecular weight excluding hydrogens is 376 g/mol. The SMILES string of the molecule is COc1cccc(C(NC(=O)/C=C/c2cccc3cccnc23)c2nccn2C)c1. The fourth-order valence-electron chi connectivity index (χ4n) is 3.39. The van der Waals surface area contributed by atoms with Crippen molar-refractivity contribution in [3.05, 3.63) is 96.2 Å². The average molecular weight is 398 g/mol. The van der Waals surface area contributed by atoms with E-state index in [1.807, 2.05) is 72.4 Å². The van der Waals surface area contributed by atoms with Crippen molar-refractivity contribution in [2.45, 2.75) is 6.04 Å². The Hall–Kier alpha value is -3.93. The molecule has 1 N–H and O–H groups in total. The number of amides is 1. The number of carbonyl (C=O) groups excluding carboxylic acids is 1. The van der Waals surface area contributed by atoms with Gasteiger partial charge in [0.15, 0.2) is 0 Å². The van der Waals surface area contributed by atoms with Crippen molar-refractivity contribution >= 4 is 22.9 Å². The lowest BCUT2D eigenvalue weighted by Crippen LogP contribution is -2.29. The highest BCUT2D eigenvalue weighted by atomic mass is 16.5. The molecule has 2 aromatic carbocycles. The Bertz CT molecular complexity index is 1210. The predicted octanol–water partition coefficient (Wildman–Crippen LogP) is 3.90. The normalized spacial score (nSPS) is 12.2. The van der Waals surface area contributed by atoms with Gasteiger partial charge in [-0.25, -0.2) is 4.98 Å². The number of benzene rings is 2. The fourth-order valence-corrected chi connectivity index (χ4v) is 3.39. The van der Waals surface area contributed by atoms with Gasteiger partial charge in [-0.3, -0.25) is 9.78 Å². The Morgan fingerprint density at radius 2 is 1.93 bits per heavy atom. The maximum atomic E-state index is 12.8. The number of imidazole rings is 1. The first-order chi connectivity index (χ1) is 14.7. The van der Waals surface area contributed by atoms with Gasteiger partial charge < -0.3 is 14.6 Å². The molecule has 6 nitrogen and oxygen atoms in total. The van der Waals surface area contributed by atoms with E-state index < -0.39 is 6.04 Å². The number of fused-ring (bicyclic) bond motifs is 1. The van der Waals surface area contributed by atoms with Crippen molar-refractivity contribution in [2.75, 3.05) is 7.11 Å². The zero-order chi connectivity index (χ0) is 20.9. The van der Waals surface area contributed by atoms with E-state index in [4.69, 9.17) is 4.74 Å². The Balaban J connectivity index is 1.62. The summed E-state index contributed by atoms with van der Waals surface area (Å²) in [5, 5.41) is 4.09. The molecular formula is C24H22N4O2. The number of pyridine rings is 1. The maximum Gasteiger partial charge on any atom is 0.244 e. The highest BCUT2D eigenvalue weighted by molar-refractivity contribution is 5.95. The minimum Gasteiger partial charge on any atom is -0.497 e. The molecule has 0 radical (unpaired) electrons. The van der Waals surface area contributed by atoms with Crippen LogP contribution < -0.4 is 10.1 Å². The molecule has 150 valence electrons. The van der Waals surface area contributed by atoms with E-state index in [-0.39, 0.29) is 5.91 Å². The van der Waals surface area contributed by atoms with Gasteiger partial charge >= 0.3 is 0 Å². The minimum absolute atomic E-state index is 0.223. The van der Waals surface area contributed by atoms with Gasteiger partial charge in [0.1, 0.15) is 17.6 Å². The number of hydrogen-bond acceptors (Lipinski definition) is 4. The second-order valence-corrected chi connectivity index (χ2v) is 6.87. The van der Waals surface area contributed by atoms with E-state index in [0.717, 1.165) is 33.6 Å². The standard InChI is InChI=1S/C24H22N4O2/c1-28-15-14-26-24(28)23(19-8-4-10-20(16-19)30-2)27-21(29)12-11-18-7-3-6-17-9-5-13-25-22(17)18/h3-16,23H,1-2H3,(H,27,29)/b12-11+. The number of aryl methyl sites for hydroxylation is 1. The van der Waals surface area contributed by atoms with Crippen molar-refractivity contribution in [3.8, 4) is 5.75 Å². The number of nitrogens with zero attached hydrogens (tertiary/aromatic N) is 3. The summed E-state index contributed by atoms with van der Waals surface area (Å²) < 4.78 is 7.23. The summed E-state index contributed by atoms with van der Waals surface area (Å²) in [5.74, 6) is 1.23. The van der Waals surface area contributed by atoms with E-state index >= 15 is 0 Å². The summed E-state index contributed by atoms with van der Waals surface area (Å²) >= 11 is 0. The minimum atomic E-state index is -0.414. The number of carbonyl (C=O) groups is 1. The number of aromatic nitrogens is 3. The van der Waals surface area contributed by atoms with Crippen LogP contribution in [0.5, 0.6) is 5.75 Å². The quantitative estimate of drug-likeness (QED) is 0.500. The number of ether oxygens (including phenoxy) is 1. The van der Waals surface area contributed by atoms with Crippen molar-refractivity contribution in [2.24, 2.45) is 7.05 Å². The van der Waals surface area contributed by atoms with Crippen LogP contribution in [0.25, 0.3) is 17.0 Å². The molecule has 0 spiro atoms. The summed E-state index contributed by atoms with van der Waals surface area (Å²) in [6, 6.07) is 17.0. The van der Waals surface area contributed by atoms with Crippen LogP contribution >= 0.6 is 0 Å². The molecule has 1 unspecified atom stereocenters. The van der Waals surface area contributed by atoms with Crippen LogP contribution in [-0.2, 0) is 11.8 Å². The van der Waals surface area contributed by atoms with Crippen molar-refractivity contribution in [1.82, 2.24) is 19.9 Å². The first-order valence-corrected chi connectivity index (χ1v) is 9.59. The molecule has 1 amide bonds. The molecule has 0 saturated heterocycles. The van der Waals surface area contributed by atoms with Crippen molar-refractivity contribution in [1.29, 1.82) is 0 Å². The lowest BCUT2D eigenvalue weighted by atomic mass is 10.1.